The molecule has 32 heavy (non-hydrogen) atoms. The molecule has 0 saturated heterocycles. The van der Waals surface area contributed by atoms with Crippen molar-refractivity contribution in [2.75, 3.05) is 12.4 Å². The van der Waals surface area contributed by atoms with Crippen molar-refractivity contribution < 1.29 is 32.5 Å². The van der Waals surface area contributed by atoms with E-state index < -0.39 is 16.4 Å². The fourth-order valence-electron chi connectivity index (χ4n) is 2.92. The van der Waals surface area contributed by atoms with Gasteiger partial charge in [0.2, 0.25) is 15.9 Å². The summed E-state index contributed by atoms with van der Waals surface area (Å²) in [6, 6.07) is 18.4. The first-order valence-corrected chi connectivity index (χ1v) is 10.8. The van der Waals surface area contributed by atoms with Crippen LogP contribution in [0.4, 0.5) is 18.9 Å². The van der Waals surface area contributed by atoms with E-state index in [1.807, 2.05) is 6.07 Å². The van der Waals surface area contributed by atoms with E-state index in [2.05, 4.69) is 14.8 Å². The van der Waals surface area contributed by atoms with Crippen LogP contribution < -0.4 is 14.8 Å². The minimum Gasteiger partial charge on any atom is -0.406 e. The maximum Gasteiger partial charge on any atom is 0.573 e. The maximum atomic E-state index is 12.3. The van der Waals surface area contributed by atoms with Crippen molar-refractivity contribution in [1.82, 2.24) is 4.72 Å². The van der Waals surface area contributed by atoms with Gasteiger partial charge in [-0.25, -0.2) is 13.1 Å². The largest absolute Gasteiger partial charge is 0.573 e. The van der Waals surface area contributed by atoms with E-state index in [1.54, 1.807) is 30.3 Å². The Bertz CT molecular complexity index is 1200. The molecule has 0 radical (unpaired) electrons. The molecular formula is C22H21F3N2O4S. The van der Waals surface area contributed by atoms with Gasteiger partial charge >= 0.3 is 6.36 Å². The zero-order chi connectivity index (χ0) is 23.4. The summed E-state index contributed by atoms with van der Waals surface area (Å²) in [5.74, 6) is -0.704. The lowest BCUT2D eigenvalue weighted by Gasteiger charge is -2.10. The molecule has 3 aromatic carbocycles. The van der Waals surface area contributed by atoms with Crippen molar-refractivity contribution in [3.05, 3.63) is 78.4 Å². The Morgan fingerprint density at radius 1 is 0.969 bits per heavy atom. The summed E-state index contributed by atoms with van der Waals surface area (Å²) in [6.45, 7) is 0. The van der Waals surface area contributed by atoms with E-state index in [9.17, 15) is 26.4 Å². The highest BCUT2D eigenvalue weighted by atomic mass is 32.2. The Hall–Kier alpha value is -3.37. The zero-order valence-electron chi connectivity index (χ0n) is 16.8. The smallest absolute Gasteiger partial charge is 0.406 e. The molecule has 3 rings (SSSR count). The minimum absolute atomic E-state index is 0. The molecule has 0 unspecified atom stereocenters. The molecule has 0 bridgehead atoms. The van der Waals surface area contributed by atoms with Gasteiger partial charge in [0.05, 0.1) is 11.3 Å². The summed E-state index contributed by atoms with van der Waals surface area (Å²) in [4.78, 5) is 12.5. The standard InChI is InChI=1S/C22H19F3N2O4S.H2/c1-26-32(29,30)20-11-7-16(8-12-20)17-3-2-4-18(14-17)27-21(28)13-15-5-9-19(10-6-15)31-22(23,24)25;/h2-12,14,26H,13H2,1H3,(H,27,28);1H. The fourth-order valence-corrected chi connectivity index (χ4v) is 3.65. The predicted molar refractivity (Wildman–Crippen MR) is 116 cm³/mol. The van der Waals surface area contributed by atoms with Crippen molar-refractivity contribution in [3.63, 3.8) is 0 Å². The number of anilines is 1. The molecule has 1 amide bonds. The number of nitrogens with one attached hydrogen (secondary N) is 2. The number of amides is 1. The van der Waals surface area contributed by atoms with Gasteiger partial charge in [0.25, 0.3) is 0 Å². The second-order valence-corrected chi connectivity index (χ2v) is 8.62. The molecule has 0 saturated carbocycles. The normalized spacial score (nSPS) is 11.8. The molecule has 0 atom stereocenters. The highest BCUT2D eigenvalue weighted by Gasteiger charge is 2.30. The Morgan fingerprint density at radius 2 is 1.62 bits per heavy atom. The van der Waals surface area contributed by atoms with Crippen molar-refractivity contribution in [3.8, 4) is 16.9 Å². The van der Waals surface area contributed by atoms with Gasteiger partial charge in [0, 0.05) is 7.11 Å². The lowest BCUT2D eigenvalue weighted by Crippen LogP contribution is -2.18. The lowest BCUT2D eigenvalue weighted by atomic mass is 10.1. The van der Waals surface area contributed by atoms with Gasteiger partial charge in [-0.05, 0) is 60.1 Å². The van der Waals surface area contributed by atoms with Crippen LogP contribution in [-0.4, -0.2) is 27.7 Å². The van der Waals surface area contributed by atoms with Crippen molar-refractivity contribution >= 4 is 21.6 Å². The lowest BCUT2D eigenvalue weighted by molar-refractivity contribution is -0.274. The third-order valence-electron chi connectivity index (χ3n) is 4.43. The Balaban J connectivity index is 0.00000385. The van der Waals surface area contributed by atoms with Gasteiger partial charge in [0.1, 0.15) is 5.75 Å². The number of alkyl halides is 3. The topological polar surface area (TPSA) is 84.5 Å². The van der Waals surface area contributed by atoms with E-state index in [-0.39, 0.29) is 24.4 Å². The minimum atomic E-state index is -4.77. The van der Waals surface area contributed by atoms with Gasteiger partial charge < -0.3 is 10.1 Å². The highest BCUT2D eigenvalue weighted by Crippen LogP contribution is 2.25. The van der Waals surface area contributed by atoms with Crippen molar-refractivity contribution in [2.45, 2.75) is 17.7 Å². The van der Waals surface area contributed by atoms with E-state index in [1.165, 1.54) is 31.3 Å². The number of halogens is 3. The van der Waals surface area contributed by atoms with E-state index in [4.69, 9.17) is 0 Å². The number of benzene rings is 3. The number of hydrogen-bond acceptors (Lipinski definition) is 4. The number of ether oxygens (including phenoxy) is 1. The van der Waals surface area contributed by atoms with Gasteiger partial charge in [0.15, 0.2) is 0 Å². The summed E-state index contributed by atoms with van der Waals surface area (Å²) < 4.78 is 66.4. The third-order valence-corrected chi connectivity index (χ3v) is 5.86. The highest BCUT2D eigenvalue weighted by molar-refractivity contribution is 7.89. The predicted octanol–water partition coefficient (Wildman–Crippen LogP) is 4.59. The van der Waals surface area contributed by atoms with Gasteiger partial charge in [-0.3, -0.25) is 4.79 Å². The molecule has 0 aromatic heterocycles. The first kappa shape index (κ1) is 23.3. The second-order valence-electron chi connectivity index (χ2n) is 6.73. The van der Waals surface area contributed by atoms with E-state index >= 15 is 0 Å². The van der Waals surface area contributed by atoms with Crippen LogP contribution in [0.15, 0.2) is 77.7 Å². The molecule has 2 N–H and O–H groups in total. The average Bonchev–Trinajstić information content (AvgIpc) is 2.74. The van der Waals surface area contributed by atoms with Crippen LogP contribution in [0.1, 0.15) is 6.99 Å². The van der Waals surface area contributed by atoms with Gasteiger partial charge in [-0.1, -0.05) is 36.4 Å². The first-order valence-electron chi connectivity index (χ1n) is 9.34. The van der Waals surface area contributed by atoms with Crippen LogP contribution in [0.5, 0.6) is 5.75 Å². The Kier molecular flexibility index (Phi) is 6.85. The van der Waals surface area contributed by atoms with E-state index in [0.717, 1.165) is 23.3 Å². The molecule has 170 valence electrons. The molecule has 10 heteroatoms. The van der Waals surface area contributed by atoms with Crippen LogP contribution in [0.2, 0.25) is 0 Å². The summed E-state index contributed by atoms with van der Waals surface area (Å²) in [7, 11) is -2.20. The van der Waals surface area contributed by atoms with Crippen molar-refractivity contribution in [2.24, 2.45) is 0 Å². The number of rotatable bonds is 7. The molecular weight excluding hydrogens is 445 g/mol. The monoisotopic (exact) mass is 466 g/mol. The summed E-state index contributed by atoms with van der Waals surface area (Å²) in [6.07, 6.45) is -4.81. The number of hydrogen-bond donors (Lipinski definition) is 2. The quantitative estimate of drug-likeness (QED) is 0.534. The fraction of sp³-hybridized carbons (Fsp3) is 0.136. The molecule has 0 heterocycles. The van der Waals surface area contributed by atoms with Gasteiger partial charge in [-0.2, -0.15) is 0 Å². The molecule has 0 aliphatic carbocycles. The number of carbonyl (C=O) groups is 1. The van der Waals surface area contributed by atoms with Crippen molar-refractivity contribution in [1.29, 1.82) is 0 Å². The Morgan fingerprint density at radius 3 is 2.22 bits per heavy atom. The number of carbonyl (C=O) groups excluding carboxylic acids is 1. The van der Waals surface area contributed by atoms with Crippen LogP contribution in [0, 0.1) is 0 Å². The summed E-state index contributed by atoms with van der Waals surface area (Å²) >= 11 is 0. The molecule has 0 aliphatic rings. The second kappa shape index (κ2) is 9.41. The van der Waals surface area contributed by atoms with Crippen LogP contribution in [0.25, 0.3) is 11.1 Å². The molecule has 0 fully saturated rings. The summed E-state index contributed by atoms with van der Waals surface area (Å²) in [5.41, 5.74) is 2.58. The zero-order valence-corrected chi connectivity index (χ0v) is 17.6. The van der Waals surface area contributed by atoms with Crippen LogP contribution >= 0.6 is 0 Å². The number of sulfonamides is 1. The van der Waals surface area contributed by atoms with Gasteiger partial charge in [-0.15, -0.1) is 13.2 Å². The molecule has 3 aromatic rings. The third kappa shape index (κ3) is 6.32. The molecule has 0 spiro atoms. The molecule has 6 nitrogen and oxygen atoms in total. The van der Waals surface area contributed by atoms with Crippen LogP contribution in [0.3, 0.4) is 0 Å². The first-order chi connectivity index (χ1) is 15.1. The maximum absolute atomic E-state index is 12.3. The summed E-state index contributed by atoms with van der Waals surface area (Å²) in [5, 5.41) is 2.74. The van der Waals surface area contributed by atoms with E-state index in [0.29, 0.717) is 11.3 Å². The average molecular weight is 466 g/mol. The SMILES string of the molecule is CNS(=O)(=O)c1ccc(-c2cccc(NC(=O)Cc3ccc(OC(F)(F)F)cc3)c2)cc1.[HH]. The Labute approximate surface area is 184 Å². The van der Waals surface area contributed by atoms with Crippen LogP contribution in [-0.2, 0) is 21.2 Å². The molecule has 0 aliphatic heterocycles.